The maximum absolute atomic E-state index is 13.7. The lowest BCUT2D eigenvalue weighted by atomic mass is 10.2. The predicted molar refractivity (Wildman–Crippen MR) is 86.6 cm³/mol. The van der Waals surface area contributed by atoms with E-state index < -0.39 is 5.82 Å². The van der Waals surface area contributed by atoms with Crippen LogP contribution in [0.15, 0.2) is 12.1 Å². The second-order valence-corrected chi connectivity index (χ2v) is 5.98. The van der Waals surface area contributed by atoms with E-state index in [0.717, 1.165) is 30.9 Å². The minimum Gasteiger partial charge on any atom is -0.326 e. The van der Waals surface area contributed by atoms with E-state index >= 15 is 0 Å². The van der Waals surface area contributed by atoms with Crippen LogP contribution in [-0.2, 0) is 12.4 Å². The zero-order chi connectivity index (χ0) is 15.6. The molecular weight excluding hydrogens is 312 g/mol. The van der Waals surface area contributed by atoms with Gasteiger partial charge in [-0.1, -0.05) is 18.5 Å². The van der Waals surface area contributed by atoms with Crippen molar-refractivity contribution in [2.24, 2.45) is 0 Å². The van der Waals surface area contributed by atoms with Crippen LogP contribution in [0.5, 0.6) is 0 Å². The molecule has 21 heavy (non-hydrogen) atoms. The Bertz CT molecular complexity index is 627. The van der Waals surface area contributed by atoms with Crippen LogP contribution in [0.3, 0.4) is 0 Å². The molecule has 1 unspecified atom stereocenters. The van der Waals surface area contributed by atoms with Gasteiger partial charge in [-0.2, -0.15) is 0 Å². The van der Waals surface area contributed by atoms with Crippen LogP contribution in [0.25, 0.3) is 11.0 Å². The van der Waals surface area contributed by atoms with Crippen LogP contribution in [0.2, 0.25) is 5.02 Å². The summed E-state index contributed by atoms with van der Waals surface area (Å²) in [6.07, 6.45) is 1.09. The average molecular weight is 332 g/mol. The molecule has 0 fully saturated rings. The molecule has 0 aliphatic carbocycles. The molecule has 1 aromatic carbocycles. The highest BCUT2D eigenvalue weighted by atomic mass is 35.5. The molecular formula is C15H20Cl2FN3. The van der Waals surface area contributed by atoms with Crippen molar-refractivity contribution < 1.29 is 4.39 Å². The zero-order valence-electron chi connectivity index (χ0n) is 12.5. The second-order valence-electron chi connectivity index (χ2n) is 5.31. The van der Waals surface area contributed by atoms with Crippen molar-refractivity contribution in [3.8, 4) is 0 Å². The Kier molecular flexibility index (Phi) is 5.47. The smallest absolute Gasteiger partial charge is 0.144 e. The molecule has 0 amide bonds. The third-order valence-corrected chi connectivity index (χ3v) is 4.54. The fourth-order valence-corrected chi connectivity index (χ4v) is 2.67. The molecule has 0 spiro atoms. The first kappa shape index (κ1) is 16.5. The van der Waals surface area contributed by atoms with Crippen molar-refractivity contribution in [2.75, 3.05) is 13.6 Å². The standard InChI is InChI=1S/C15H20Cl2FN3/c1-4-10(2)20(3)5-6-21-14-8-12(18)11(17)7-13(14)19-15(21)9-16/h7-8,10H,4-6,9H2,1-3H3. The van der Waals surface area contributed by atoms with Crippen molar-refractivity contribution in [3.63, 3.8) is 0 Å². The quantitative estimate of drug-likeness (QED) is 0.736. The lowest BCUT2D eigenvalue weighted by Crippen LogP contribution is -2.31. The number of alkyl halides is 1. The Morgan fingerprint density at radius 1 is 1.43 bits per heavy atom. The summed E-state index contributed by atoms with van der Waals surface area (Å²) in [7, 11) is 2.09. The van der Waals surface area contributed by atoms with Gasteiger partial charge < -0.3 is 9.47 Å². The molecule has 1 aromatic heterocycles. The first-order valence-electron chi connectivity index (χ1n) is 7.08. The van der Waals surface area contributed by atoms with E-state index in [0.29, 0.717) is 17.4 Å². The molecule has 1 atom stereocenters. The van der Waals surface area contributed by atoms with Gasteiger partial charge in [0.1, 0.15) is 11.6 Å². The van der Waals surface area contributed by atoms with E-state index in [4.69, 9.17) is 23.2 Å². The Morgan fingerprint density at radius 2 is 2.14 bits per heavy atom. The van der Waals surface area contributed by atoms with Crippen LogP contribution in [0, 0.1) is 5.82 Å². The van der Waals surface area contributed by atoms with E-state index in [1.54, 1.807) is 6.07 Å². The van der Waals surface area contributed by atoms with Crippen LogP contribution in [-0.4, -0.2) is 34.1 Å². The summed E-state index contributed by atoms with van der Waals surface area (Å²) in [6, 6.07) is 3.49. The highest BCUT2D eigenvalue weighted by Gasteiger charge is 2.14. The summed E-state index contributed by atoms with van der Waals surface area (Å²) in [5.74, 6) is 0.605. The van der Waals surface area contributed by atoms with E-state index in [-0.39, 0.29) is 5.02 Å². The van der Waals surface area contributed by atoms with Gasteiger partial charge in [-0.3, -0.25) is 0 Å². The number of likely N-dealkylation sites (N-methyl/N-ethyl adjacent to an activating group) is 1. The molecule has 1 heterocycles. The van der Waals surface area contributed by atoms with Gasteiger partial charge in [0, 0.05) is 25.2 Å². The summed E-state index contributed by atoms with van der Waals surface area (Å²) < 4.78 is 15.7. The van der Waals surface area contributed by atoms with Crippen molar-refractivity contribution in [1.29, 1.82) is 0 Å². The molecule has 0 aliphatic rings. The molecule has 0 radical (unpaired) electrons. The monoisotopic (exact) mass is 331 g/mol. The summed E-state index contributed by atoms with van der Waals surface area (Å²) in [4.78, 5) is 6.71. The summed E-state index contributed by atoms with van der Waals surface area (Å²) in [5, 5.41) is 0.0880. The maximum atomic E-state index is 13.7. The number of hydrogen-bond acceptors (Lipinski definition) is 2. The van der Waals surface area contributed by atoms with E-state index in [9.17, 15) is 4.39 Å². The fourth-order valence-electron chi connectivity index (χ4n) is 2.31. The molecule has 2 rings (SSSR count). The number of fused-ring (bicyclic) bond motifs is 1. The average Bonchev–Trinajstić information content (AvgIpc) is 2.81. The molecule has 0 aliphatic heterocycles. The third kappa shape index (κ3) is 3.50. The SMILES string of the molecule is CCC(C)N(C)CCn1c(CCl)nc2cc(Cl)c(F)cc21. The van der Waals surface area contributed by atoms with Gasteiger partial charge in [0.25, 0.3) is 0 Å². The zero-order valence-corrected chi connectivity index (χ0v) is 14.0. The number of hydrogen-bond donors (Lipinski definition) is 0. The maximum Gasteiger partial charge on any atom is 0.144 e. The largest absolute Gasteiger partial charge is 0.326 e. The number of halogens is 3. The molecule has 116 valence electrons. The number of aromatic nitrogens is 2. The minimum absolute atomic E-state index is 0.0880. The lowest BCUT2D eigenvalue weighted by molar-refractivity contribution is 0.243. The Labute approximate surface area is 134 Å². The summed E-state index contributed by atoms with van der Waals surface area (Å²) in [5.41, 5.74) is 1.42. The van der Waals surface area contributed by atoms with Gasteiger partial charge in [-0.15, -0.1) is 11.6 Å². The van der Waals surface area contributed by atoms with Gasteiger partial charge >= 0.3 is 0 Å². The fraction of sp³-hybridized carbons (Fsp3) is 0.533. The Morgan fingerprint density at radius 3 is 2.76 bits per heavy atom. The Balaban J connectivity index is 2.31. The number of nitrogens with zero attached hydrogens (tertiary/aromatic N) is 3. The molecule has 6 heteroatoms. The van der Waals surface area contributed by atoms with E-state index in [1.165, 1.54) is 6.07 Å². The van der Waals surface area contributed by atoms with Crippen molar-refractivity contribution in [3.05, 3.63) is 28.8 Å². The molecule has 2 aromatic rings. The minimum atomic E-state index is -0.429. The normalized spacial score (nSPS) is 13.3. The summed E-state index contributed by atoms with van der Waals surface area (Å²) in [6.45, 7) is 5.93. The van der Waals surface area contributed by atoms with Crippen LogP contribution < -0.4 is 0 Å². The highest BCUT2D eigenvalue weighted by molar-refractivity contribution is 6.31. The number of benzene rings is 1. The van der Waals surface area contributed by atoms with Crippen LogP contribution >= 0.6 is 23.2 Å². The predicted octanol–water partition coefficient (Wildman–Crippen LogP) is 4.30. The van der Waals surface area contributed by atoms with E-state index in [1.807, 2.05) is 4.57 Å². The van der Waals surface area contributed by atoms with Gasteiger partial charge in [-0.05, 0) is 26.5 Å². The van der Waals surface area contributed by atoms with E-state index in [2.05, 4.69) is 30.8 Å². The van der Waals surface area contributed by atoms with Crippen LogP contribution in [0.1, 0.15) is 26.1 Å². The first-order valence-corrected chi connectivity index (χ1v) is 7.99. The van der Waals surface area contributed by atoms with Gasteiger partial charge in [0.05, 0.1) is 21.9 Å². The highest BCUT2D eigenvalue weighted by Crippen LogP contribution is 2.24. The number of rotatable bonds is 6. The molecule has 0 N–H and O–H groups in total. The lowest BCUT2D eigenvalue weighted by Gasteiger charge is -2.24. The first-order chi connectivity index (χ1) is 9.97. The third-order valence-electron chi connectivity index (χ3n) is 4.01. The summed E-state index contributed by atoms with van der Waals surface area (Å²) >= 11 is 11.8. The topological polar surface area (TPSA) is 21.1 Å². The van der Waals surface area contributed by atoms with Crippen LogP contribution in [0.4, 0.5) is 4.39 Å². The molecule has 0 saturated heterocycles. The van der Waals surface area contributed by atoms with Crippen molar-refractivity contribution in [1.82, 2.24) is 14.5 Å². The van der Waals surface area contributed by atoms with Gasteiger partial charge in [0.15, 0.2) is 0 Å². The van der Waals surface area contributed by atoms with Gasteiger partial charge in [-0.25, -0.2) is 9.37 Å². The van der Waals surface area contributed by atoms with Gasteiger partial charge in [0.2, 0.25) is 0 Å². The van der Waals surface area contributed by atoms with Crippen molar-refractivity contribution >= 4 is 34.2 Å². The molecule has 3 nitrogen and oxygen atoms in total. The second kappa shape index (κ2) is 6.95. The molecule has 0 saturated carbocycles. The number of imidazole rings is 1. The molecule has 0 bridgehead atoms. The van der Waals surface area contributed by atoms with Crippen molar-refractivity contribution in [2.45, 2.75) is 38.7 Å². The Hall–Kier alpha value is -0.840.